The molecule has 0 bridgehead atoms. The minimum absolute atomic E-state index is 0. The molecule has 4 heterocycles. The van der Waals surface area contributed by atoms with Gasteiger partial charge >= 0.3 is 124 Å². The normalized spacial score (nSPS) is 10.3. The van der Waals surface area contributed by atoms with Gasteiger partial charge in [0.1, 0.15) is 0 Å². The summed E-state index contributed by atoms with van der Waals surface area (Å²) in [7, 11) is -23.5. The number of halogens is 12. The van der Waals surface area contributed by atoms with Crippen LogP contribution in [0.4, 0.5) is 75.4 Å². The Morgan fingerprint density at radius 2 is 0.422 bits per heavy atom. The Morgan fingerprint density at radius 1 is 0.305 bits per heavy atom. The fraction of sp³-hybridized carbons (Fsp3) is 0.288. The van der Waals surface area contributed by atoms with Crippen molar-refractivity contribution in [1.29, 1.82) is 0 Å². The van der Waals surface area contributed by atoms with E-state index in [1.165, 1.54) is 69.3 Å². The summed E-state index contributed by atoms with van der Waals surface area (Å²) in [5.41, 5.74) is -9.70. The van der Waals surface area contributed by atoms with Gasteiger partial charge in [-0.15, -0.1) is 0 Å². The van der Waals surface area contributed by atoms with E-state index >= 15 is 0 Å². The van der Waals surface area contributed by atoms with Crippen molar-refractivity contribution >= 4 is 111 Å². The molecular formula is C73H79F12N9O26Ru4S4. The molecular weight excluding hydrogens is 2180 g/mol. The van der Waals surface area contributed by atoms with Gasteiger partial charge in [-0.3, -0.25) is 49.2 Å². The van der Waals surface area contributed by atoms with Crippen LogP contribution in [0.5, 0.6) is 0 Å². The molecule has 4 aromatic carbocycles. The first-order valence-electron chi connectivity index (χ1n) is 33.4. The molecule has 4 amide bonds. The molecule has 712 valence electrons. The first kappa shape index (κ1) is 136. The second-order valence-corrected chi connectivity index (χ2v) is 29.7. The van der Waals surface area contributed by atoms with Crippen LogP contribution in [0.3, 0.4) is 0 Å². The van der Waals surface area contributed by atoms with Gasteiger partial charge in [0.15, 0.2) is 47.5 Å². The number of aromatic nitrogens is 4. The third kappa shape index (κ3) is 71.9. The molecule has 0 saturated heterocycles. The molecule has 4 aromatic heterocycles. The second kappa shape index (κ2) is 67.2. The molecule has 55 heteroatoms. The van der Waals surface area contributed by atoms with Crippen molar-refractivity contribution in [2.75, 3.05) is 28.3 Å². The number of nitro groups is 1. The molecule has 8 aromatic rings. The number of anilines is 4. The largest absolute Gasteiger partial charge is 2.00 e. The van der Waals surface area contributed by atoms with Crippen molar-refractivity contribution in [3.05, 3.63) is 250 Å². The molecule has 4 N–H and O–H groups in total. The molecule has 0 fully saturated rings. The second-order valence-electron chi connectivity index (χ2n) is 24.2. The van der Waals surface area contributed by atoms with Crippen LogP contribution in [0.15, 0.2) is 195 Å². The fourth-order valence-electron chi connectivity index (χ4n) is 6.30. The van der Waals surface area contributed by atoms with E-state index in [9.17, 15) is 71.9 Å². The van der Waals surface area contributed by atoms with E-state index in [2.05, 4.69) is 221 Å². The molecule has 0 radical (unpaired) electrons. The number of benzene rings is 4. The van der Waals surface area contributed by atoms with Crippen molar-refractivity contribution in [2.45, 2.75) is 129 Å². The molecule has 0 aliphatic carbocycles. The van der Waals surface area contributed by atoms with E-state index in [0.29, 0.717) is 46.4 Å². The molecule has 0 spiro atoms. The summed E-state index contributed by atoms with van der Waals surface area (Å²) in [5.74, 6) is -9.16. The van der Waals surface area contributed by atoms with Crippen molar-refractivity contribution < 1.29 is 246 Å². The number of carbonyl (C=O) groups is 8. The molecule has 0 unspecified atom stereocenters. The number of carboxylic acid groups (broad SMARTS) is 4. The summed E-state index contributed by atoms with van der Waals surface area (Å²) < 4.78 is 236. The molecule has 0 aliphatic rings. The molecule has 0 atom stereocenters. The zero-order valence-corrected chi connectivity index (χ0v) is 78.4. The maximum Gasteiger partial charge on any atom is 2.00 e. The van der Waals surface area contributed by atoms with Crippen LogP contribution in [0.2, 0.25) is 0 Å². The summed E-state index contributed by atoms with van der Waals surface area (Å²) in [4.78, 5) is 105. The van der Waals surface area contributed by atoms with Gasteiger partial charge in [0.2, 0.25) is 0 Å². The van der Waals surface area contributed by atoms with Gasteiger partial charge in [-0.25, -0.2) is 33.7 Å². The number of carboxylic acids is 4. The average molecular weight is 2260 g/mol. The minimum Gasteiger partial charge on any atom is -0.741 e. The van der Waals surface area contributed by atoms with Crippen molar-refractivity contribution in [1.82, 2.24) is 19.9 Å². The van der Waals surface area contributed by atoms with Gasteiger partial charge in [-0.1, -0.05) is 175 Å². The number of hydrogen-bond acceptors (Lipinski definition) is 30. The number of carbonyl (C=O) groups excluding carboxylic acids is 8. The number of pyridine rings is 4. The van der Waals surface area contributed by atoms with Crippen LogP contribution in [-0.4, -0.2) is 153 Å². The van der Waals surface area contributed by atoms with Gasteiger partial charge in [-0.2, -0.15) is 52.7 Å². The van der Waals surface area contributed by atoms with Crippen LogP contribution in [0.25, 0.3) is 0 Å². The van der Waals surface area contributed by atoms with Crippen molar-refractivity contribution in [3.8, 4) is 0 Å². The van der Waals surface area contributed by atoms with Crippen LogP contribution >= 0.6 is 0 Å². The Morgan fingerprint density at radius 3 is 0.500 bits per heavy atom. The number of alkyl halides is 12. The summed E-state index contributed by atoms with van der Waals surface area (Å²) in [5, 5.41) is 54.2. The molecule has 8 rings (SSSR count). The van der Waals surface area contributed by atoms with E-state index < -0.39 is 115 Å². The van der Waals surface area contributed by atoms with Gasteiger partial charge in [0, 0.05) is 29.7 Å². The number of hydrogen-bond donors (Lipinski definition) is 4. The summed E-state index contributed by atoms with van der Waals surface area (Å²) in [6.07, 6.45) is 12.1. The monoisotopic (exact) mass is 2260 g/mol. The van der Waals surface area contributed by atoms with E-state index in [1.807, 2.05) is 0 Å². The van der Waals surface area contributed by atoms with Gasteiger partial charge < -0.3 is 79.1 Å². The van der Waals surface area contributed by atoms with E-state index in [1.54, 1.807) is 73.3 Å². The van der Waals surface area contributed by atoms with Crippen molar-refractivity contribution in [2.24, 2.45) is 0 Å². The first-order valence-corrected chi connectivity index (χ1v) is 39.1. The number of aliphatic carboxylic acids is 4. The van der Waals surface area contributed by atoms with Gasteiger partial charge in [0.25, 0.3) is 0 Å². The Balaban J connectivity index is -0.000000174. The number of nitrogens with zero attached hydrogens (tertiary/aromatic N) is 5. The smallest absolute Gasteiger partial charge is 0.741 e. The number of amides is 4. The topological polar surface area (TPSA) is 600 Å². The zero-order chi connectivity index (χ0) is 97.7. The zero-order valence-electron chi connectivity index (χ0n) is 68.2. The van der Waals surface area contributed by atoms with Crippen molar-refractivity contribution in [3.63, 3.8) is 0 Å². The Bertz CT molecular complexity index is 4420. The van der Waals surface area contributed by atoms with Crippen LogP contribution in [-0.2, 0) is 157 Å². The maximum absolute atomic E-state index is 11.5. The van der Waals surface area contributed by atoms with E-state index in [4.69, 9.17) is 102 Å². The molecule has 0 aliphatic heterocycles. The van der Waals surface area contributed by atoms with Crippen LogP contribution in [0, 0.1) is 37.8 Å². The van der Waals surface area contributed by atoms with E-state index in [0.717, 1.165) is 7.05 Å². The van der Waals surface area contributed by atoms with Gasteiger partial charge in [-0.05, 0) is 122 Å². The molecule has 35 nitrogen and oxygen atoms in total. The average Bonchev–Trinajstić information content (AvgIpc) is 0.872. The first-order chi connectivity index (χ1) is 56.3. The summed E-state index contributed by atoms with van der Waals surface area (Å²) in [6.45, 7) is 26.2. The Kier molecular flexibility index (Phi) is 71.3. The quantitative estimate of drug-likeness (QED) is 0.0216. The maximum atomic E-state index is 11.5. The van der Waals surface area contributed by atoms with Crippen LogP contribution < -0.4 is 41.7 Å². The summed E-state index contributed by atoms with van der Waals surface area (Å²) in [6, 6.07) is 48.1. The molecule has 0 saturated carbocycles. The third-order valence-electron chi connectivity index (χ3n) is 12.5. The van der Waals surface area contributed by atoms with Crippen LogP contribution in [0.1, 0.15) is 124 Å². The predicted molar refractivity (Wildman–Crippen MR) is 408 cm³/mol. The standard InChI is InChI=1S/2C12H10N4O2.4C10H14.2C2H2O4.4CHF3O3S.CH3NO2.4Ru/c2*17-11(15-9-3-1-5-13-7-9)12(18)16-10-4-2-6-14-8-10;4*1-8(2)10-6-4-9(3)5-7-10;2*3-1(4)2(5)6;4*2-1(3,4)8(5,6)7;1-2(3)4;;;;/h2*1-8H,(H,15,17)(H,16,18);4*4-8H,1-3H3;2*(H,3,4)(H,5,6);4*(H,5,6,7);1H3;;;;/q;;;;;;;;;;;;;4*+2/p-8. The summed E-state index contributed by atoms with van der Waals surface area (Å²) >= 11 is 0. The predicted octanol–water partition coefficient (Wildman–Crippen LogP) is 7.64. The Hall–Kier alpha value is -10.1. The number of aryl methyl sites for hydroxylation is 4. The number of nitrogens with one attached hydrogen (secondary N) is 4. The van der Waals surface area contributed by atoms with Gasteiger partial charge in [0.05, 0.1) is 71.4 Å². The third-order valence-corrected chi connectivity index (χ3v) is 14.8. The number of rotatable bonds is 8. The SMILES string of the molecule is C[N+](=O)[O-].Cc1ccc(C(C)C)cc1.Cc1ccc(C(C)C)cc1.Cc1ccc(C(C)C)cc1.Cc1ccc(C(C)C)cc1.O=C(Nc1cccnc1)C(=O)Nc1cccnc1.O=C(Nc1cccnc1)C(=O)Nc1cccnc1.O=C([O-])C(=O)[O-].O=C([O-])C(=O)[O-].O=S(=O)([O-])C(F)(F)F.O=S(=O)([O-])C(F)(F)F.O=S(=O)([O-])C(F)(F)F.O=S(=O)([O-])C(F)(F)F.[Ru+2].[Ru+2].[Ru+2].[Ru+2]. The molecule has 128 heavy (non-hydrogen) atoms. The van der Waals surface area contributed by atoms with E-state index in [-0.39, 0.29) is 77.9 Å². The minimum atomic E-state index is -6.09. The Labute approximate surface area is 778 Å². The fourth-order valence-corrected chi connectivity index (χ4v) is 6.30.